The molecule has 20 heavy (non-hydrogen) atoms. The van der Waals surface area contributed by atoms with E-state index >= 15 is 0 Å². The van der Waals surface area contributed by atoms with Crippen LogP contribution in [0.25, 0.3) is 11.4 Å². The quantitative estimate of drug-likeness (QED) is 0.828. The van der Waals surface area contributed by atoms with Crippen molar-refractivity contribution < 1.29 is 0 Å². The Labute approximate surface area is 119 Å². The molecule has 0 unspecified atom stereocenters. The first-order chi connectivity index (χ1) is 9.74. The van der Waals surface area contributed by atoms with Gasteiger partial charge in [-0.3, -0.25) is 0 Å². The first kappa shape index (κ1) is 13.0. The molecular weight excluding hydrogens is 250 g/mol. The molecule has 2 aromatic rings. The minimum atomic E-state index is 0.699. The van der Waals surface area contributed by atoms with Crippen molar-refractivity contribution in [3.05, 3.63) is 36.0 Å². The maximum absolute atomic E-state index is 4.73. The minimum absolute atomic E-state index is 0.699. The Bertz CT molecular complexity index is 576. The van der Waals surface area contributed by atoms with Crippen LogP contribution in [0.5, 0.6) is 0 Å². The molecule has 3 rings (SSSR count). The van der Waals surface area contributed by atoms with Crippen LogP contribution in [0.15, 0.2) is 30.3 Å². The molecule has 1 fully saturated rings. The minimum Gasteiger partial charge on any atom is -0.352 e. The van der Waals surface area contributed by atoms with Crippen LogP contribution in [0.4, 0.5) is 5.82 Å². The number of piperazine rings is 1. The molecule has 1 aromatic carbocycles. The van der Waals surface area contributed by atoms with E-state index in [1.807, 2.05) is 37.3 Å². The Morgan fingerprint density at radius 2 is 1.65 bits per heavy atom. The Balaban J connectivity index is 1.91. The maximum Gasteiger partial charge on any atom is 0.183 e. The van der Waals surface area contributed by atoms with Gasteiger partial charge >= 0.3 is 0 Å². The van der Waals surface area contributed by atoms with E-state index in [1.54, 1.807) is 0 Å². The highest BCUT2D eigenvalue weighted by atomic mass is 15.3. The molecule has 0 spiro atoms. The van der Waals surface area contributed by atoms with Crippen molar-refractivity contribution >= 4 is 5.82 Å². The van der Waals surface area contributed by atoms with Gasteiger partial charge in [0.25, 0.3) is 0 Å². The average molecular weight is 269 g/mol. The second kappa shape index (κ2) is 5.54. The van der Waals surface area contributed by atoms with Gasteiger partial charge in [0.1, 0.15) is 5.69 Å². The summed E-state index contributed by atoms with van der Waals surface area (Å²) in [7, 11) is 2.15. The second-order valence-corrected chi connectivity index (χ2v) is 5.20. The molecule has 0 atom stereocenters. The number of anilines is 1. The van der Waals surface area contributed by atoms with Crippen molar-refractivity contribution in [2.75, 3.05) is 38.1 Å². The van der Waals surface area contributed by atoms with Crippen molar-refractivity contribution in [1.82, 2.24) is 20.1 Å². The lowest BCUT2D eigenvalue weighted by Crippen LogP contribution is -2.45. The molecule has 5 nitrogen and oxygen atoms in total. The number of benzene rings is 1. The summed E-state index contributed by atoms with van der Waals surface area (Å²) in [6.45, 7) is 6.07. The molecule has 104 valence electrons. The molecule has 1 aromatic heterocycles. The van der Waals surface area contributed by atoms with E-state index in [4.69, 9.17) is 4.98 Å². The Morgan fingerprint density at radius 1 is 0.950 bits per heavy atom. The standard InChI is InChI=1S/C15H19N5/c1-12-15(20-10-8-19(2)9-11-20)16-14(18-17-12)13-6-4-3-5-7-13/h3-7H,8-11H2,1-2H3. The number of likely N-dealkylation sites (N-methyl/N-ethyl adjacent to an activating group) is 1. The Morgan fingerprint density at radius 3 is 2.35 bits per heavy atom. The molecule has 2 heterocycles. The van der Waals surface area contributed by atoms with Crippen molar-refractivity contribution in [2.24, 2.45) is 0 Å². The van der Waals surface area contributed by atoms with Crippen molar-refractivity contribution in [3.63, 3.8) is 0 Å². The lowest BCUT2D eigenvalue weighted by molar-refractivity contribution is 0.311. The number of rotatable bonds is 2. The molecule has 5 heteroatoms. The predicted octanol–water partition coefficient (Wildman–Crippen LogP) is 1.60. The molecule has 0 amide bonds. The third kappa shape index (κ3) is 2.63. The number of nitrogens with zero attached hydrogens (tertiary/aromatic N) is 5. The molecular formula is C15H19N5. The highest BCUT2D eigenvalue weighted by molar-refractivity contribution is 5.57. The SMILES string of the molecule is Cc1nnc(-c2ccccc2)nc1N1CCN(C)CC1. The largest absolute Gasteiger partial charge is 0.352 e. The fraction of sp³-hybridized carbons (Fsp3) is 0.400. The summed E-state index contributed by atoms with van der Waals surface area (Å²) in [6, 6.07) is 10.0. The van der Waals surface area contributed by atoms with E-state index in [0.717, 1.165) is 43.3 Å². The Kier molecular flexibility index (Phi) is 3.60. The zero-order valence-electron chi connectivity index (χ0n) is 12.0. The summed E-state index contributed by atoms with van der Waals surface area (Å²) >= 11 is 0. The van der Waals surface area contributed by atoms with Crippen molar-refractivity contribution in [2.45, 2.75) is 6.92 Å². The average Bonchev–Trinajstić information content (AvgIpc) is 2.50. The van der Waals surface area contributed by atoms with Crippen LogP contribution in [0.2, 0.25) is 0 Å². The molecule has 0 bridgehead atoms. The lowest BCUT2D eigenvalue weighted by Gasteiger charge is -2.33. The highest BCUT2D eigenvalue weighted by Gasteiger charge is 2.18. The van der Waals surface area contributed by atoms with Gasteiger partial charge in [-0.05, 0) is 14.0 Å². The van der Waals surface area contributed by atoms with Crippen molar-refractivity contribution in [3.8, 4) is 11.4 Å². The van der Waals surface area contributed by atoms with Crippen LogP contribution < -0.4 is 4.90 Å². The second-order valence-electron chi connectivity index (χ2n) is 5.20. The van der Waals surface area contributed by atoms with Crippen molar-refractivity contribution in [1.29, 1.82) is 0 Å². The van der Waals surface area contributed by atoms with Crippen LogP contribution in [0.1, 0.15) is 5.69 Å². The van der Waals surface area contributed by atoms with E-state index in [2.05, 4.69) is 27.0 Å². The summed E-state index contributed by atoms with van der Waals surface area (Å²) in [5.41, 5.74) is 1.91. The van der Waals surface area contributed by atoms with Gasteiger partial charge < -0.3 is 9.80 Å². The number of aromatic nitrogens is 3. The van der Waals surface area contributed by atoms with Crippen LogP contribution in [0.3, 0.4) is 0 Å². The molecule has 0 aliphatic carbocycles. The summed E-state index contributed by atoms with van der Waals surface area (Å²) in [4.78, 5) is 9.36. The van der Waals surface area contributed by atoms with E-state index in [1.165, 1.54) is 0 Å². The normalized spacial score (nSPS) is 16.4. The topological polar surface area (TPSA) is 45.2 Å². The van der Waals surface area contributed by atoms with Gasteiger partial charge in [0.05, 0.1) is 0 Å². The Hall–Kier alpha value is -2.01. The summed E-state index contributed by atoms with van der Waals surface area (Å²) < 4.78 is 0. The molecule has 0 saturated carbocycles. The number of aryl methyl sites for hydroxylation is 1. The first-order valence-corrected chi connectivity index (χ1v) is 6.94. The zero-order valence-corrected chi connectivity index (χ0v) is 12.0. The molecule has 0 radical (unpaired) electrons. The molecule has 0 N–H and O–H groups in total. The zero-order chi connectivity index (χ0) is 13.9. The van der Waals surface area contributed by atoms with Gasteiger partial charge in [-0.15, -0.1) is 10.2 Å². The fourth-order valence-corrected chi connectivity index (χ4v) is 2.40. The van der Waals surface area contributed by atoms with E-state index < -0.39 is 0 Å². The highest BCUT2D eigenvalue weighted by Crippen LogP contribution is 2.20. The molecule has 1 aliphatic rings. The first-order valence-electron chi connectivity index (χ1n) is 6.94. The summed E-state index contributed by atoms with van der Waals surface area (Å²) in [5.74, 6) is 1.66. The van der Waals surface area contributed by atoms with Crippen LogP contribution in [0, 0.1) is 6.92 Å². The van der Waals surface area contributed by atoms with Crippen LogP contribution in [-0.4, -0.2) is 53.3 Å². The smallest absolute Gasteiger partial charge is 0.183 e. The maximum atomic E-state index is 4.73. The van der Waals surface area contributed by atoms with Crippen LogP contribution in [-0.2, 0) is 0 Å². The van der Waals surface area contributed by atoms with E-state index in [9.17, 15) is 0 Å². The molecule has 1 saturated heterocycles. The third-order valence-corrected chi connectivity index (χ3v) is 3.66. The van der Waals surface area contributed by atoms with Gasteiger partial charge in [0, 0.05) is 31.7 Å². The number of hydrogen-bond acceptors (Lipinski definition) is 5. The van der Waals surface area contributed by atoms with Crippen LogP contribution >= 0.6 is 0 Å². The summed E-state index contributed by atoms with van der Waals surface area (Å²) in [6.07, 6.45) is 0. The van der Waals surface area contributed by atoms with Gasteiger partial charge in [0.15, 0.2) is 11.6 Å². The van der Waals surface area contributed by atoms with Gasteiger partial charge in [-0.2, -0.15) is 0 Å². The lowest BCUT2D eigenvalue weighted by atomic mass is 10.2. The van der Waals surface area contributed by atoms with Gasteiger partial charge in [-0.25, -0.2) is 4.98 Å². The van der Waals surface area contributed by atoms with Gasteiger partial charge in [-0.1, -0.05) is 30.3 Å². The van der Waals surface area contributed by atoms with E-state index in [0.29, 0.717) is 5.82 Å². The summed E-state index contributed by atoms with van der Waals surface area (Å²) in [5, 5.41) is 8.50. The predicted molar refractivity (Wildman–Crippen MR) is 79.7 cm³/mol. The molecule has 1 aliphatic heterocycles. The monoisotopic (exact) mass is 269 g/mol. The fourth-order valence-electron chi connectivity index (χ4n) is 2.40. The van der Waals surface area contributed by atoms with Gasteiger partial charge in [0.2, 0.25) is 0 Å². The van der Waals surface area contributed by atoms with E-state index in [-0.39, 0.29) is 0 Å². The number of hydrogen-bond donors (Lipinski definition) is 0. The third-order valence-electron chi connectivity index (χ3n) is 3.66.